The Hall–Kier alpha value is -1.91. The maximum absolute atomic E-state index is 7.30. The Morgan fingerprint density at radius 1 is 1.57 bits per heavy atom. The molecule has 0 aliphatic heterocycles. The molecule has 0 fully saturated rings. The number of nitrogens with two attached hydrogens (primary N) is 1. The highest BCUT2D eigenvalue weighted by molar-refractivity contribution is 5.97. The van der Waals surface area contributed by atoms with Crippen LogP contribution in [0.2, 0.25) is 0 Å². The number of amidine groups is 1. The van der Waals surface area contributed by atoms with E-state index in [1.54, 1.807) is 10.9 Å². The number of rotatable bonds is 1. The van der Waals surface area contributed by atoms with Crippen molar-refractivity contribution in [3.8, 4) is 0 Å². The maximum Gasteiger partial charge on any atom is 0.157 e. The topological polar surface area (TPSA) is 80.6 Å². The molecule has 0 aliphatic rings. The van der Waals surface area contributed by atoms with Crippen LogP contribution in [0.3, 0.4) is 0 Å². The number of fused-ring (bicyclic) bond motifs is 1. The van der Waals surface area contributed by atoms with E-state index >= 15 is 0 Å². The van der Waals surface area contributed by atoms with Crippen LogP contribution < -0.4 is 5.73 Å². The third kappa shape index (κ3) is 1.14. The van der Waals surface area contributed by atoms with Crippen molar-refractivity contribution in [1.82, 2.24) is 14.8 Å². The third-order valence-corrected chi connectivity index (χ3v) is 2.17. The molecule has 2 rings (SSSR count). The van der Waals surface area contributed by atoms with Crippen LogP contribution in [0.1, 0.15) is 11.3 Å². The van der Waals surface area contributed by atoms with Crippen molar-refractivity contribution < 1.29 is 0 Å². The van der Waals surface area contributed by atoms with Crippen LogP contribution >= 0.6 is 0 Å². The molecule has 2 aromatic heterocycles. The second-order valence-corrected chi connectivity index (χ2v) is 3.22. The van der Waals surface area contributed by atoms with Crippen LogP contribution in [0.5, 0.6) is 0 Å². The lowest BCUT2D eigenvalue weighted by molar-refractivity contribution is 0.774. The van der Waals surface area contributed by atoms with E-state index in [1.165, 1.54) is 0 Å². The molecular weight excluding hydrogens is 178 g/mol. The molecule has 0 aliphatic carbocycles. The van der Waals surface area contributed by atoms with E-state index in [-0.39, 0.29) is 5.84 Å². The molecule has 5 heteroatoms. The summed E-state index contributed by atoms with van der Waals surface area (Å²) in [6, 6.07) is 1.84. The van der Waals surface area contributed by atoms with Gasteiger partial charge in [0.25, 0.3) is 0 Å². The molecular formula is C9H11N5. The first-order valence-electron chi connectivity index (χ1n) is 4.23. The van der Waals surface area contributed by atoms with Crippen molar-refractivity contribution in [3.05, 3.63) is 23.5 Å². The summed E-state index contributed by atoms with van der Waals surface area (Å²) in [5, 5.41) is 12.5. The van der Waals surface area contributed by atoms with Gasteiger partial charge in [-0.25, -0.2) is 4.98 Å². The van der Waals surface area contributed by atoms with Gasteiger partial charge in [0.2, 0.25) is 0 Å². The van der Waals surface area contributed by atoms with E-state index in [2.05, 4.69) is 10.1 Å². The molecule has 0 amide bonds. The van der Waals surface area contributed by atoms with Gasteiger partial charge in [-0.2, -0.15) is 5.10 Å². The zero-order valence-corrected chi connectivity index (χ0v) is 8.07. The van der Waals surface area contributed by atoms with Gasteiger partial charge in [0.1, 0.15) is 5.84 Å². The van der Waals surface area contributed by atoms with Gasteiger partial charge in [0, 0.05) is 24.2 Å². The molecule has 5 nitrogen and oxygen atoms in total. The zero-order chi connectivity index (χ0) is 10.3. The summed E-state index contributed by atoms with van der Waals surface area (Å²) < 4.78 is 1.72. The molecule has 2 heterocycles. The van der Waals surface area contributed by atoms with E-state index in [4.69, 9.17) is 11.1 Å². The number of aromatic nitrogens is 3. The first kappa shape index (κ1) is 8.68. The first-order valence-corrected chi connectivity index (χ1v) is 4.23. The summed E-state index contributed by atoms with van der Waals surface area (Å²) in [6.45, 7) is 1.91. The van der Waals surface area contributed by atoms with Gasteiger partial charge in [-0.1, -0.05) is 0 Å². The van der Waals surface area contributed by atoms with Crippen LogP contribution in [0, 0.1) is 12.3 Å². The number of nitrogen functional groups attached to an aromatic ring is 1. The second kappa shape index (κ2) is 2.80. The fraction of sp³-hybridized carbons (Fsp3) is 0.222. The summed E-state index contributed by atoms with van der Waals surface area (Å²) in [4.78, 5) is 4.20. The molecule has 0 saturated carbocycles. The lowest BCUT2D eigenvalue weighted by atomic mass is 10.2. The Kier molecular flexibility index (Phi) is 1.73. The van der Waals surface area contributed by atoms with Gasteiger partial charge >= 0.3 is 0 Å². The van der Waals surface area contributed by atoms with Crippen molar-refractivity contribution in [1.29, 1.82) is 5.41 Å². The van der Waals surface area contributed by atoms with Gasteiger partial charge < -0.3 is 5.73 Å². The Morgan fingerprint density at radius 2 is 2.29 bits per heavy atom. The minimum Gasteiger partial charge on any atom is -0.384 e. The molecule has 0 spiro atoms. The van der Waals surface area contributed by atoms with Gasteiger partial charge in [0.15, 0.2) is 5.65 Å². The predicted molar refractivity (Wildman–Crippen MR) is 54.3 cm³/mol. The average Bonchev–Trinajstić information content (AvgIpc) is 2.42. The Bertz CT molecular complexity index is 511. The maximum atomic E-state index is 7.30. The molecule has 0 atom stereocenters. The minimum atomic E-state index is 0.0302. The minimum absolute atomic E-state index is 0.0302. The van der Waals surface area contributed by atoms with E-state index < -0.39 is 0 Å². The van der Waals surface area contributed by atoms with Crippen LogP contribution in [0.4, 0.5) is 0 Å². The Labute approximate surface area is 81.1 Å². The number of hydrogen-bond donors (Lipinski definition) is 2. The zero-order valence-electron chi connectivity index (χ0n) is 8.07. The smallest absolute Gasteiger partial charge is 0.157 e. The number of aryl methyl sites for hydroxylation is 2. The molecule has 0 unspecified atom stereocenters. The number of nitrogens with zero attached hydrogens (tertiary/aromatic N) is 3. The van der Waals surface area contributed by atoms with Crippen molar-refractivity contribution in [2.24, 2.45) is 12.8 Å². The van der Waals surface area contributed by atoms with Crippen LogP contribution in [-0.2, 0) is 7.05 Å². The average molecular weight is 189 g/mol. The fourth-order valence-corrected chi connectivity index (χ4v) is 1.46. The highest BCUT2D eigenvalue weighted by Gasteiger charge is 2.07. The molecule has 0 radical (unpaired) electrons. The molecule has 3 N–H and O–H groups in total. The lowest BCUT2D eigenvalue weighted by Gasteiger charge is -1.97. The van der Waals surface area contributed by atoms with E-state index in [0.29, 0.717) is 5.56 Å². The number of pyridine rings is 1. The molecule has 14 heavy (non-hydrogen) atoms. The number of nitrogens with one attached hydrogen (secondary N) is 1. The molecule has 72 valence electrons. The summed E-state index contributed by atoms with van der Waals surface area (Å²) in [6.07, 6.45) is 1.59. The van der Waals surface area contributed by atoms with Crippen molar-refractivity contribution in [2.45, 2.75) is 6.92 Å². The second-order valence-electron chi connectivity index (χ2n) is 3.22. The first-order chi connectivity index (χ1) is 6.59. The predicted octanol–water partition coefficient (Wildman–Crippen LogP) is 0.561. The third-order valence-electron chi connectivity index (χ3n) is 2.17. The fourth-order valence-electron chi connectivity index (χ4n) is 1.46. The van der Waals surface area contributed by atoms with Crippen LogP contribution in [-0.4, -0.2) is 20.6 Å². The normalized spacial score (nSPS) is 10.7. The van der Waals surface area contributed by atoms with Crippen LogP contribution in [0.25, 0.3) is 11.0 Å². The van der Waals surface area contributed by atoms with Gasteiger partial charge in [0.05, 0.1) is 5.69 Å². The van der Waals surface area contributed by atoms with E-state index in [0.717, 1.165) is 16.7 Å². The summed E-state index contributed by atoms with van der Waals surface area (Å²) in [5.74, 6) is 0.0302. The van der Waals surface area contributed by atoms with Crippen molar-refractivity contribution in [2.75, 3.05) is 0 Å². The molecule has 2 aromatic rings. The van der Waals surface area contributed by atoms with Gasteiger partial charge in [-0.05, 0) is 13.0 Å². The molecule has 0 bridgehead atoms. The van der Waals surface area contributed by atoms with Crippen molar-refractivity contribution in [3.63, 3.8) is 0 Å². The van der Waals surface area contributed by atoms with Crippen LogP contribution in [0.15, 0.2) is 12.3 Å². The number of hydrogen-bond acceptors (Lipinski definition) is 3. The standard InChI is InChI=1S/C9H11N5/c1-5-7-3-6(8(10)11)4-12-9(7)14(2)13-5/h3-4H,1-2H3,(H3,10,11). The summed E-state index contributed by atoms with van der Waals surface area (Å²) in [5.41, 5.74) is 7.72. The van der Waals surface area contributed by atoms with Gasteiger partial charge in [-0.15, -0.1) is 0 Å². The quantitative estimate of drug-likeness (QED) is 0.508. The Balaban J connectivity index is 2.77. The summed E-state index contributed by atoms with van der Waals surface area (Å²) in [7, 11) is 1.84. The highest BCUT2D eigenvalue weighted by atomic mass is 15.3. The largest absolute Gasteiger partial charge is 0.384 e. The molecule has 0 saturated heterocycles. The summed E-state index contributed by atoms with van der Waals surface area (Å²) >= 11 is 0. The lowest BCUT2D eigenvalue weighted by Crippen LogP contribution is -2.11. The van der Waals surface area contributed by atoms with E-state index in [1.807, 2.05) is 20.0 Å². The van der Waals surface area contributed by atoms with E-state index in [9.17, 15) is 0 Å². The Morgan fingerprint density at radius 3 is 2.93 bits per heavy atom. The monoisotopic (exact) mass is 189 g/mol. The SMILES string of the molecule is Cc1nn(C)c2ncc(C(=N)N)cc12. The van der Waals surface area contributed by atoms with Crippen molar-refractivity contribution >= 4 is 16.9 Å². The molecule has 0 aromatic carbocycles. The van der Waals surface area contributed by atoms with Gasteiger partial charge in [-0.3, -0.25) is 10.1 Å². The highest BCUT2D eigenvalue weighted by Crippen LogP contribution is 2.15.